The van der Waals surface area contributed by atoms with Crippen LogP contribution in [0.25, 0.3) is 0 Å². The molecule has 1 aliphatic heterocycles. The molecule has 1 aromatic carbocycles. The van der Waals surface area contributed by atoms with E-state index in [0.29, 0.717) is 18.3 Å². The van der Waals surface area contributed by atoms with Gasteiger partial charge in [0.05, 0.1) is 17.2 Å². The smallest absolute Gasteiger partial charge is 0.271 e. The normalized spacial score (nSPS) is 19.2. The number of piperidine rings is 1. The molecule has 1 aliphatic rings. The lowest BCUT2D eigenvalue weighted by atomic mass is 10.0. The quantitative estimate of drug-likeness (QED) is 0.683. The maximum Gasteiger partial charge on any atom is 0.271 e. The number of carbonyl (C=O) groups excluding carboxylic acids is 1. The van der Waals surface area contributed by atoms with Crippen LogP contribution in [-0.4, -0.2) is 34.9 Å². The number of carbonyl (C=O) groups is 1. The van der Waals surface area contributed by atoms with Crippen molar-refractivity contribution in [1.29, 1.82) is 0 Å². The van der Waals surface area contributed by atoms with E-state index in [2.05, 4.69) is 17.1 Å². The van der Waals surface area contributed by atoms with E-state index in [-0.39, 0.29) is 11.6 Å². The highest BCUT2D eigenvalue weighted by Gasteiger charge is 2.21. The van der Waals surface area contributed by atoms with Gasteiger partial charge in [0.15, 0.2) is 0 Å². The predicted octanol–water partition coefficient (Wildman–Crippen LogP) is 2.72. The van der Waals surface area contributed by atoms with Crippen LogP contribution >= 0.6 is 0 Å². The third-order valence-electron chi connectivity index (χ3n) is 3.99. The summed E-state index contributed by atoms with van der Waals surface area (Å²) >= 11 is 0. The number of nitrogens with one attached hydrogen (secondary N) is 1. The molecule has 0 saturated carbocycles. The first kappa shape index (κ1) is 15.4. The van der Waals surface area contributed by atoms with E-state index >= 15 is 0 Å². The highest BCUT2D eigenvalue weighted by Crippen LogP contribution is 2.22. The Balaban J connectivity index is 2.02. The summed E-state index contributed by atoms with van der Waals surface area (Å²) in [6.07, 6.45) is 3.44. The molecule has 1 amide bonds. The number of hydrogen-bond donors (Lipinski definition) is 1. The summed E-state index contributed by atoms with van der Waals surface area (Å²) in [4.78, 5) is 24.6. The zero-order valence-corrected chi connectivity index (χ0v) is 12.5. The zero-order chi connectivity index (χ0) is 15.4. The molecule has 0 bridgehead atoms. The molecule has 0 aromatic heterocycles. The van der Waals surface area contributed by atoms with Crippen LogP contribution in [0, 0.1) is 17.0 Å². The average Bonchev–Trinajstić information content (AvgIpc) is 2.43. The van der Waals surface area contributed by atoms with Crippen LogP contribution in [0.2, 0.25) is 0 Å². The van der Waals surface area contributed by atoms with Crippen molar-refractivity contribution < 1.29 is 9.72 Å². The van der Waals surface area contributed by atoms with Gasteiger partial charge in [-0.25, -0.2) is 0 Å². The Kier molecular flexibility index (Phi) is 4.90. The summed E-state index contributed by atoms with van der Waals surface area (Å²) in [7, 11) is 0. The number of non-ortho nitro benzene ring substituents is 1. The predicted molar refractivity (Wildman–Crippen MR) is 81.3 cm³/mol. The van der Waals surface area contributed by atoms with Gasteiger partial charge in [0.25, 0.3) is 5.69 Å². The van der Waals surface area contributed by atoms with Gasteiger partial charge < -0.3 is 5.32 Å². The number of aryl methyl sites for hydroxylation is 1. The Hall–Kier alpha value is -1.95. The van der Waals surface area contributed by atoms with Crippen molar-refractivity contribution in [1.82, 2.24) is 4.90 Å². The number of likely N-dealkylation sites (tertiary alicyclic amines) is 1. The van der Waals surface area contributed by atoms with Gasteiger partial charge in [0.1, 0.15) is 0 Å². The van der Waals surface area contributed by atoms with Gasteiger partial charge in [0.2, 0.25) is 5.91 Å². The molecule has 6 nitrogen and oxygen atoms in total. The van der Waals surface area contributed by atoms with Crippen molar-refractivity contribution in [3.05, 3.63) is 33.9 Å². The summed E-state index contributed by atoms with van der Waals surface area (Å²) in [5.41, 5.74) is 1.32. The third-order valence-corrected chi connectivity index (χ3v) is 3.99. The Morgan fingerprint density at radius 3 is 2.90 bits per heavy atom. The van der Waals surface area contributed by atoms with Gasteiger partial charge in [-0.1, -0.05) is 12.5 Å². The highest BCUT2D eigenvalue weighted by molar-refractivity contribution is 5.93. The van der Waals surface area contributed by atoms with E-state index in [1.165, 1.54) is 18.6 Å². The van der Waals surface area contributed by atoms with Crippen LogP contribution in [-0.2, 0) is 4.79 Å². The summed E-state index contributed by atoms with van der Waals surface area (Å²) < 4.78 is 0. The number of amides is 1. The van der Waals surface area contributed by atoms with Gasteiger partial charge in [-0.2, -0.15) is 0 Å². The largest absolute Gasteiger partial charge is 0.324 e. The number of anilines is 1. The van der Waals surface area contributed by atoms with E-state index in [1.54, 1.807) is 6.07 Å². The van der Waals surface area contributed by atoms with E-state index in [0.717, 1.165) is 24.9 Å². The van der Waals surface area contributed by atoms with E-state index in [9.17, 15) is 14.9 Å². The van der Waals surface area contributed by atoms with Gasteiger partial charge in [-0.3, -0.25) is 19.8 Å². The molecular formula is C15H21N3O3. The second-order valence-corrected chi connectivity index (χ2v) is 5.62. The summed E-state index contributed by atoms with van der Waals surface area (Å²) in [5.74, 6) is -0.118. The van der Waals surface area contributed by atoms with Crippen LogP contribution in [0.5, 0.6) is 0 Å². The lowest BCUT2D eigenvalue weighted by Gasteiger charge is -2.32. The van der Waals surface area contributed by atoms with Crippen molar-refractivity contribution in [2.45, 2.75) is 39.2 Å². The number of rotatable bonds is 4. The lowest BCUT2D eigenvalue weighted by molar-refractivity contribution is -0.384. The second kappa shape index (κ2) is 6.67. The molecule has 1 fully saturated rings. The molecule has 1 saturated heterocycles. The number of nitro groups is 1. The van der Waals surface area contributed by atoms with Gasteiger partial charge in [-0.05, 0) is 38.8 Å². The fourth-order valence-electron chi connectivity index (χ4n) is 2.62. The Morgan fingerprint density at radius 2 is 2.24 bits per heavy atom. The fourth-order valence-corrected chi connectivity index (χ4v) is 2.62. The zero-order valence-electron chi connectivity index (χ0n) is 12.5. The van der Waals surface area contributed by atoms with Gasteiger partial charge in [0, 0.05) is 18.2 Å². The first-order valence-electron chi connectivity index (χ1n) is 7.26. The molecule has 0 radical (unpaired) electrons. The van der Waals surface area contributed by atoms with Crippen molar-refractivity contribution in [2.75, 3.05) is 18.4 Å². The molecule has 1 N–H and O–H groups in total. The maximum atomic E-state index is 12.1. The molecule has 2 rings (SSSR count). The minimum Gasteiger partial charge on any atom is -0.324 e. The molecule has 114 valence electrons. The van der Waals surface area contributed by atoms with Crippen LogP contribution in [0.15, 0.2) is 18.2 Å². The van der Waals surface area contributed by atoms with Crippen LogP contribution < -0.4 is 5.32 Å². The highest BCUT2D eigenvalue weighted by atomic mass is 16.6. The van der Waals surface area contributed by atoms with Gasteiger partial charge in [-0.15, -0.1) is 0 Å². The molecule has 1 heterocycles. The van der Waals surface area contributed by atoms with E-state index in [4.69, 9.17) is 0 Å². The van der Waals surface area contributed by atoms with Crippen LogP contribution in [0.1, 0.15) is 31.7 Å². The minimum absolute atomic E-state index is 0.0118. The molecular weight excluding hydrogens is 270 g/mol. The molecule has 0 unspecified atom stereocenters. The standard InChI is InChI=1S/C15H21N3O3/c1-11-6-7-13(18(20)21)9-14(11)16-15(19)10-17-8-4-3-5-12(17)2/h6-7,9,12H,3-5,8,10H2,1-2H3,(H,16,19)/t12-/m0/s1. The molecule has 6 heteroatoms. The molecule has 0 spiro atoms. The fraction of sp³-hybridized carbons (Fsp3) is 0.533. The molecule has 1 aromatic rings. The first-order valence-corrected chi connectivity index (χ1v) is 7.26. The second-order valence-electron chi connectivity index (χ2n) is 5.62. The lowest BCUT2D eigenvalue weighted by Crippen LogP contribution is -2.42. The molecule has 0 aliphatic carbocycles. The van der Waals surface area contributed by atoms with E-state index < -0.39 is 4.92 Å². The Labute approximate surface area is 124 Å². The van der Waals surface area contributed by atoms with Crippen molar-refractivity contribution in [3.63, 3.8) is 0 Å². The van der Waals surface area contributed by atoms with Gasteiger partial charge >= 0.3 is 0 Å². The number of benzene rings is 1. The topological polar surface area (TPSA) is 75.5 Å². The first-order chi connectivity index (χ1) is 9.97. The third kappa shape index (κ3) is 4.01. The average molecular weight is 291 g/mol. The van der Waals surface area contributed by atoms with Crippen molar-refractivity contribution in [3.8, 4) is 0 Å². The maximum absolute atomic E-state index is 12.1. The Bertz CT molecular complexity index is 545. The number of nitro benzene ring substituents is 1. The monoisotopic (exact) mass is 291 g/mol. The minimum atomic E-state index is -0.457. The van der Waals surface area contributed by atoms with Crippen molar-refractivity contribution in [2.24, 2.45) is 0 Å². The summed E-state index contributed by atoms with van der Waals surface area (Å²) in [6.45, 7) is 5.22. The van der Waals surface area contributed by atoms with Crippen LogP contribution in [0.4, 0.5) is 11.4 Å². The number of nitrogens with zero attached hydrogens (tertiary/aromatic N) is 2. The SMILES string of the molecule is Cc1ccc([N+](=O)[O-])cc1NC(=O)CN1CCCC[C@@H]1C. The summed E-state index contributed by atoms with van der Waals surface area (Å²) in [5, 5.41) is 13.6. The van der Waals surface area contributed by atoms with Crippen molar-refractivity contribution >= 4 is 17.3 Å². The summed E-state index contributed by atoms with van der Waals surface area (Å²) in [6, 6.07) is 4.91. The number of hydrogen-bond acceptors (Lipinski definition) is 4. The van der Waals surface area contributed by atoms with E-state index in [1.807, 2.05) is 6.92 Å². The molecule has 1 atom stereocenters. The molecule has 21 heavy (non-hydrogen) atoms. The van der Waals surface area contributed by atoms with Crippen LogP contribution in [0.3, 0.4) is 0 Å². The Morgan fingerprint density at radius 1 is 1.48 bits per heavy atom.